The van der Waals surface area contributed by atoms with Gasteiger partial charge in [-0.3, -0.25) is 0 Å². The summed E-state index contributed by atoms with van der Waals surface area (Å²) in [6, 6.07) is 5.64. The van der Waals surface area contributed by atoms with Gasteiger partial charge in [0.05, 0.1) is 6.54 Å². The smallest absolute Gasteiger partial charge is 0.165 e. The molecule has 1 heterocycles. The Morgan fingerprint density at radius 3 is 2.68 bits per heavy atom. The lowest BCUT2D eigenvalue weighted by molar-refractivity contribution is 0.510. The van der Waals surface area contributed by atoms with Crippen molar-refractivity contribution in [2.75, 3.05) is 0 Å². The molecule has 0 amide bonds. The Morgan fingerprint density at radius 2 is 2.11 bits per heavy atom. The van der Waals surface area contributed by atoms with E-state index in [2.05, 4.69) is 44.5 Å². The highest BCUT2D eigenvalue weighted by Gasteiger charge is 2.16. The second-order valence-corrected chi connectivity index (χ2v) is 6.06. The number of aromatic nitrogens is 3. The van der Waals surface area contributed by atoms with E-state index >= 15 is 0 Å². The van der Waals surface area contributed by atoms with Gasteiger partial charge in [0.2, 0.25) is 0 Å². The normalized spacial score (nSPS) is 11.3. The van der Waals surface area contributed by atoms with Crippen molar-refractivity contribution in [1.29, 1.82) is 0 Å². The van der Waals surface area contributed by atoms with E-state index in [1.54, 1.807) is 0 Å². The minimum atomic E-state index is 0.380. The van der Waals surface area contributed by atoms with Crippen LogP contribution in [0.1, 0.15) is 19.7 Å². The van der Waals surface area contributed by atoms with Crippen molar-refractivity contribution in [2.24, 2.45) is 11.7 Å². The molecule has 2 aromatic rings. The van der Waals surface area contributed by atoms with Gasteiger partial charge in [-0.15, -0.1) is 10.2 Å². The maximum absolute atomic E-state index is 5.97. The van der Waals surface area contributed by atoms with E-state index in [0.29, 0.717) is 17.5 Å². The quantitative estimate of drug-likeness (QED) is 0.924. The average Bonchev–Trinajstić information content (AvgIpc) is 2.71. The maximum atomic E-state index is 5.97. The summed E-state index contributed by atoms with van der Waals surface area (Å²) in [4.78, 5) is 0. The Balaban J connectivity index is 2.52. The number of nitrogens with two attached hydrogens (primary N) is 1. The van der Waals surface area contributed by atoms with Crippen LogP contribution < -0.4 is 5.73 Å². The fraction of sp³-hybridized carbons (Fsp3) is 0.385. The largest absolute Gasteiger partial charge is 0.324 e. The summed E-state index contributed by atoms with van der Waals surface area (Å²) < 4.78 is 2.97. The molecule has 0 spiro atoms. The van der Waals surface area contributed by atoms with Gasteiger partial charge in [0.15, 0.2) is 5.82 Å². The minimum Gasteiger partial charge on any atom is -0.324 e. The molecule has 19 heavy (non-hydrogen) atoms. The van der Waals surface area contributed by atoms with Gasteiger partial charge in [-0.05, 0) is 40.0 Å². The van der Waals surface area contributed by atoms with Gasteiger partial charge < -0.3 is 10.3 Å². The third kappa shape index (κ3) is 3.16. The van der Waals surface area contributed by atoms with E-state index < -0.39 is 0 Å². The maximum Gasteiger partial charge on any atom is 0.165 e. The van der Waals surface area contributed by atoms with E-state index in [1.807, 2.05) is 18.2 Å². The van der Waals surface area contributed by atoms with Crippen molar-refractivity contribution in [2.45, 2.75) is 26.9 Å². The van der Waals surface area contributed by atoms with Gasteiger partial charge >= 0.3 is 0 Å². The molecule has 1 aromatic heterocycles. The molecule has 0 unspecified atom stereocenters. The fourth-order valence-corrected chi connectivity index (χ4v) is 2.77. The molecule has 0 aliphatic heterocycles. The third-order valence-corrected chi connectivity index (χ3v) is 3.62. The Hall–Kier alpha value is -0.910. The molecular formula is C13H16BrClN4. The summed E-state index contributed by atoms with van der Waals surface area (Å²) in [5, 5.41) is 9.11. The molecule has 1 aromatic carbocycles. The highest BCUT2D eigenvalue weighted by atomic mass is 79.9. The lowest BCUT2D eigenvalue weighted by atomic mass is 10.2. The van der Waals surface area contributed by atoms with Crippen molar-refractivity contribution >= 4 is 27.5 Å². The van der Waals surface area contributed by atoms with Gasteiger partial charge in [0, 0.05) is 21.6 Å². The highest BCUT2D eigenvalue weighted by Crippen LogP contribution is 2.30. The molecule has 0 aliphatic carbocycles. The van der Waals surface area contributed by atoms with Gasteiger partial charge in [-0.2, -0.15) is 0 Å². The summed E-state index contributed by atoms with van der Waals surface area (Å²) in [6.07, 6.45) is 0. The predicted octanol–water partition coefficient (Wildman–Crippen LogP) is 3.48. The van der Waals surface area contributed by atoms with Crippen LogP contribution in [0.4, 0.5) is 0 Å². The monoisotopic (exact) mass is 342 g/mol. The van der Waals surface area contributed by atoms with Crippen LogP contribution in [0.25, 0.3) is 11.4 Å². The summed E-state index contributed by atoms with van der Waals surface area (Å²) in [7, 11) is 0. The van der Waals surface area contributed by atoms with Crippen molar-refractivity contribution < 1.29 is 0 Å². The summed E-state index contributed by atoms with van der Waals surface area (Å²) in [5.74, 6) is 2.11. The Kier molecular flexibility index (Phi) is 4.60. The molecule has 0 aliphatic rings. The van der Waals surface area contributed by atoms with Gasteiger partial charge in [0.25, 0.3) is 0 Å². The van der Waals surface area contributed by atoms with E-state index in [4.69, 9.17) is 17.3 Å². The molecule has 0 atom stereocenters. The van der Waals surface area contributed by atoms with Crippen molar-refractivity contribution in [3.63, 3.8) is 0 Å². The molecule has 4 nitrogen and oxygen atoms in total. The minimum absolute atomic E-state index is 0.380. The first-order valence-electron chi connectivity index (χ1n) is 6.10. The molecule has 2 N–H and O–H groups in total. The first kappa shape index (κ1) is 14.5. The third-order valence-electron chi connectivity index (χ3n) is 2.73. The predicted molar refractivity (Wildman–Crippen MR) is 80.9 cm³/mol. The molecular weight excluding hydrogens is 328 g/mol. The number of benzene rings is 1. The SMILES string of the molecule is CC(C)Cn1c(CN)nnc1-c1ccc(Cl)cc1Br. The van der Waals surface area contributed by atoms with Crippen LogP contribution in [0.2, 0.25) is 5.02 Å². The summed E-state index contributed by atoms with van der Waals surface area (Å²) in [5.41, 5.74) is 6.69. The zero-order valence-electron chi connectivity index (χ0n) is 10.9. The summed E-state index contributed by atoms with van der Waals surface area (Å²) >= 11 is 9.49. The molecule has 0 saturated carbocycles. The Labute approximate surface area is 126 Å². The molecule has 102 valence electrons. The van der Waals surface area contributed by atoms with Crippen LogP contribution in [-0.4, -0.2) is 14.8 Å². The van der Waals surface area contributed by atoms with Gasteiger partial charge in [-0.25, -0.2) is 0 Å². The lowest BCUT2D eigenvalue weighted by Crippen LogP contribution is -2.13. The molecule has 0 fully saturated rings. The second kappa shape index (κ2) is 6.03. The van der Waals surface area contributed by atoms with E-state index in [0.717, 1.165) is 28.2 Å². The lowest BCUT2D eigenvalue weighted by Gasteiger charge is -2.13. The van der Waals surface area contributed by atoms with Crippen LogP contribution in [-0.2, 0) is 13.1 Å². The van der Waals surface area contributed by atoms with Crippen LogP contribution in [0.5, 0.6) is 0 Å². The standard InChI is InChI=1S/C13H16BrClN4/c1-8(2)7-19-12(6-16)17-18-13(19)10-4-3-9(15)5-11(10)14/h3-5,8H,6-7,16H2,1-2H3. The van der Waals surface area contributed by atoms with E-state index in [9.17, 15) is 0 Å². The fourth-order valence-electron chi connectivity index (χ4n) is 1.91. The van der Waals surface area contributed by atoms with Crippen LogP contribution in [0, 0.1) is 5.92 Å². The molecule has 6 heteroatoms. The molecule has 0 radical (unpaired) electrons. The molecule has 0 saturated heterocycles. The van der Waals surface area contributed by atoms with Crippen LogP contribution in [0.3, 0.4) is 0 Å². The van der Waals surface area contributed by atoms with Gasteiger partial charge in [0.1, 0.15) is 5.82 Å². The van der Waals surface area contributed by atoms with E-state index in [1.165, 1.54) is 0 Å². The second-order valence-electron chi connectivity index (χ2n) is 4.77. The highest BCUT2D eigenvalue weighted by molar-refractivity contribution is 9.10. The van der Waals surface area contributed by atoms with E-state index in [-0.39, 0.29) is 0 Å². The Bertz CT molecular complexity index is 580. The zero-order valence-corrected chi connectivity index (χ0v) is 13.2. The number of hydrogen-bond donors (Lipinski definition) is 1. The molecule has 0 bridgehead atoms. The average molecular weight is 344 g/mol. The number of hydrogen-bond acceptors (Lipinski definition) is 3. The molecule has 2 rings (SSSR count). The number of nitrogens with zero attached hydrogens (tertiary/aromatic N) is 3. The Morgan fingerprint density at radius 1 is 1.37 bits per heavy atom. The number of rotatable bonds is 4. The van der Waals surface area contributed by atoms with Crippen LogP contribution >= 0.6 is 27.5 Å². The van der Waals surface area contributed by atoms with Crippen molar-refractivity contribution in [3.8, 4) is 11.4 Å². The van der Waals surface area contributed by atoms with Crippen molar-refractivity contribution in [1.82, 2.24) is 14.8 Å². The topological polar surface area (TPSA) is 56.7 Å². The van der Waals surface area contributed by atoms with Gasteiger partial charge in [-0.1, -0.05) is 25.4 Å². The van der Waals surface area contributed by atoms with Crippen LogP contribution in [0.15, 0.2) is 22.7 Å². The number of halogens is 2. The zero-order chi connectivity index (χ0) is 14.0. The first-order chi connectivity index (χ1) is 9.02. The van der Waals surface area contributed by atoms with Crippen molar-refractivity contribution in [3.05, 3.63) is 33.5 Å². The summed E-state index contributed by atoms with van der Waals surface area (Å²) in [6.45, 7) is 5.52. The first-order valence-corrected chi connectivity index (χ1v) is 7.27.